The molecule has 5 heteroatoms. The SMILES string of the molecule is CCNCCCNc1cc(C(N)=O)ccn1. The molecule has 0 aliphatic rings. The molecule has 0 aliphatic carbocycles. The van der Waals surface area contributed by atoms with Crippen LogP contribution in [-0.2, 0) is 0 Å². The number of hydrogen-bond donors (Lipinski definition) is 3. The van der Waals surface area contributed by atoms with Gasteiger partial charge in [0.05, 0.1) is 0 Å². The summed E-state index contributed by atoms with van der Waals surface area (Å²) in [6.45, 7) is 4.85. The molecule has 1 amide bonds. The molecule has 0 fully saturated rings. The van der Waals surface area contributed by atoms with Crippen LogP contribution in [0.15, 0.2) is 18.3 Å². The normalized spacial score (nSPS) is 10.1. The zero-order valence-electron chi connectivity index (χ0n) is 9.49. The third-order valence-corrected chi connectivity index (χ3v) is 2.13. The third kappa shape index (κ3) is 4.27. The van der Waals surface area contributed by atoms with Crippen molar-refractivity contribution in [3.05, 3.63) is 23.9 Å². The van der Waals surface area contributed by atoms with Gasteiger partial charge in [0, 0.05) is 18.3 Å². The van der Waals surface area contributed by atoms with Crippen LogP contribution < -0.4 is 16.4 Å². The number of nitrogens with one attached hydrogen (secondary N) is 2. The van der Waals surface area contributed by atoms with Crippen LogP contribution in [-0.4, -0.2) is 30.5 Å². The fourth-order valence-electron chi connectivity index (χ4n) is 1.29. The molecular weight excluding hydrogens is 204 g/mol. The van der Waals surface area contributed by atoms with E-state index in [1.54, 1.807) is 18.3 Å². The Bertz CT molecular complexity index is 341. The highest BCUT2D eigenvalue weighted by Crippen LogP contribution is 2.05. The lowest BCUT2D eigenvalue weighted by atomic mass is 10.2. The van der Waals surface area contributed by atoms with Crippen LogP contribution in [0.2, 0.25) is 0 Å². The highest BCUT2D eigenvalue weighted by molar-refractivity contribution is 5.93. The van der Waals surface area contributed by atoms with Crippen LogP contribution in [0.1, 0.15) is 23.7 Å². The minimum atomic E-state index is -0.432. The molecule has 0 saturated heterocycles. The van der Waals surface area contributed by atoms with E-state index in [4.69, 9.17) is 5.73 Å². The second kappa shape index (κ2) is 6.79. The lowest BCUT2D eigenvalue weighted by Crippen LogP contribution is -2.17. The first-order chi connectivity index (χ1) is 7.74. The highest BCUT2D eigenvalue weighted by Gasteiger charge is 2.01. The Morgan fingerprint density at radius 2 is 2.31 bits per heavy atom. The molecule has 0 aromatic carbocycles. The molecule has 1 heterocycles. The van der Waals surface area contributed by atoms with Gasteiger partial charge in [0.1, 0.15) is 5.82 Å². The van der Waals surface area contributed by atoms with Crippen molar-refractivity contribution in [1.29, 1.82) is 0 Å². The van der Waals surface area contributed by atoms with Crippen molar-refractivity contribution in [2.45, 2.75) is 13.3 Å². The zero-order valence-corrected chi connectivity index (χ0v) is 9.49. The zero-order chi connectivity index (χ0) is 11.8. The number of carbonyl (C=O) groups excluding carboxylic acids is 1. The number of nitrogens with two attached hydrogens (primary N) is 1. The van der Waals surface area contributed by atoms with Crippen LogP contribution in [0.3, 0.4) is 0 Å². The van der Waals surface area contributed by atoms with Gasteiger partial charge < -0.3 is 16.4 Å². The number of aromatic nitrogens is 1. The molecule has 88 valence electrons. The summed E-state index contributed by atoms with van der Waals surface area (Å²) in [6.07, 6.45) is 2.59. The quantitative estimate of drug-likeness (QED) is 0.590. The van der Waals surface area contributed by atoms with Gasteiger partial charge in [-0.25, -0.2) is 4.98 Å². The molecule has 0 radical (unpaired) electrons. The smallest absolute Gasteiger partial charge is 0.248 e. The van der Waals surface area contributed by atoms with Crippen LogP contribution in [0.25, 0.3) is 0 Å². The number of pyridine rings is 1. The number of carbonyl (C=O) groups is 1. The van der Waals surface area contributed by atoms with Crippen LogP contribution >= 0.6 is 0 Å². The second-order valence-corrected chi connectivity index (χ2v) is 3.43. The topological polar surface area (TPSA) is 80.0 Å². The molecule has 0 aliphatic heterocycles. The minimum Gasteiger partial charge on any atom is -0.370 e. The van der Waals surface area contributed by atoms with Crippen molar-refractivity contribution in [1.82, 2.24) is 10.3 Å². The molecule has 0 saturated carbocycles. The number of anilines is 1. The summed E-state index contributed by atoms with van der Waals surface area (Å²) in [5, 5.41) is 6.37. The molecule has 1 rings (SSSR count). The van der Waals surface area contributed by atoms with E-state index in [-0.39, 0.29) is 0 Å². The lowest BCUT2D eigenvalue weighted by Gasteiger charge is -2.06. The minimum absolute atomic E-state index is 0.432. The van der Waals surface area contributed by atoms with E-state index in [1.165, 1.54) is 0 Å². The van der Waals surface area contributed by atoms with Crippen molar-refractivity contribution in [3.63, 3.8) is 0 Å². The predicted octanol–water partition coefficient (Wildman–Crippen LogP) is 0.592. The van der Waals surface area contributed by atoms with Crippen LogP contribution in [0.5, 0.6) is 0 Å². The first-order valence-corrected chi connectivity index (χ1v) is 5.44. The molecule has 5 nitrogen and oxygen atoms in total. The average Bonchev–Trinajstić information content (AvgIpc) is 2.29. The molecule has 0 unspecified atom stereocenters. The summed E-state index contributed by atoms with van der Waals surface area (Å²) in [5.41, 5.74) is 5.65. The third-order valence-electron chi connectivity index (χ3n) is 2.13. The van der Waals surface area contributed by atoms with E-state index >= 15 is 0 Å². The molecule has 1 aromatic heterocycles. The fourth-order valence-corrected chi connectivity index (χ4v) is 1.29. The number of primary amides is 1. The lowest BCUT2D eigenvalue weighted by molar-refractivity contribution is 0.1000. The monoisotopic (exact) mass is 222 g/mol. The Morgan fingerprint density at radius 3 is 3.00 bits per heavy atom. The maximum atomic E-state index is 10.9. The first kappa shape index (κ1) is 12.4. The van der Waals surface area contributed by atoms with E-state index in [2.05, 4.69) is 22.5 Å². The molecule has 0 bridgehead atoms. The maximum absolute atomic E-state index is 10.9. The Hall–Kier alpha value is -1.62. The van der Waals surface area contributed by atoms with E-state index in [9.17, 15) is 4.79 Å². The van der Waals surface area contributed by atoms with E-state index in [1.807, 2.05) is 0 Å². The van der Waals surface area contributed by atoms with E-state index in [0.29, 0.717) is 11.4 Å². The van der Waals surface area contributed by atoms with Gasteiger partial charge >= 0.3 is 0 Å². The van der Waals surface area contributed by atoms with Crippen molar-refractivity contribution in [3.8, 4) is 0 Å². The van der Waals surface area contributed by atoms with Crippen molar-refractivity contribution < 1.29 is 4.79 Å². The summed E-state index contributed by atoms with van der Waals surface area (Å²) in [6, 6.07) is 3.27. The summed E-state index contributed by atoms with van der Waals surface area (Å²) < 4.78 is 0. The molecule has 4 N–H and O–H groups in total. The second-order valence-electron chi connectivity index (χ2n) is 3.43. The van der Waals surface area contributed by atoms with Crippen molar-refractivity contribution >= 4 is 11.7 Å². The standard InChI is InChI=1S/C11H18N4O/c1-2-13-5-3-6-14-10-8-9(11(12)16)4-7-15-10/h4,7-8,13H,2-3,5-6H2,1H3,(H2,12,16)(H,14,15). The average molecular weight is 222 g/mol. The number of rotatable bonds is 7. The van der Waals surface area contributed by atoms with Crippen molar-refractivity contribution in [2.75, 3.05) is 25.0 Å². The van der Waals surface area contributed by atoms with Crippen molar-refractivity contribution in [2.24, 2.45) is 5.73 Å². The summed E-state index contributed by atoms with van der Waals surface area (Å²) in [7, 11) is 0. The van der Waals surface area contributed by atoms with Gasteiger partial charge in [-0.1, -0.05) is 6.92 Å². The largest absolute Gasteiger partial charge is 0.370 e. The number of nitrogens with zero attached hydrogens (tertiary/aromatic N) is 1. The Labute approximate surface area is 95.4 Å². The summed E-state index contributed by atoms with van der Waals surface area (Å²) in [4.78, 5) is 15.0. The molecule has 16 heavy (non-hydrogen) atoms. The maximum Gasteiger partial charge on any atom is 0.248 e. The predicted molar refractivity (Wildman–Crippen MR) is 64.4 cm³/mol. The van der Waals surface area contributed by atoms with Gasteiger partial charge in [0.2, 0.25) is 5.91 Å². The van der Waals surface area contributed by atoms with Gasteiger partial charge in [-0.2, -0.15) is 0 Å². The Morgan fingerprint density at radius 1 is 1.50 bits per heavy atom. The summed E-state index contributed by atoms with van der Waals surface area (Å²) in [5.74, 6) is 0.255. The number of hydrogen-bond acceptors (Lipinski definition) is 4. The molecule has 0 spiro atoms. The van der Waals surface area contributed by atoms with Crippen LogP contribution in [0.4, 0.5) is 5.82 Å². The Balaban J connectivity index is 2.36. The van der Waals surface area contributed by atoms with Gasteiger partial charge in [-0.15, -0.1) is 0 Å². The van der Waals surface area contributed by atoms with E-state index < -0.39 is 5.91 Å². The van der Waals surface area contributed by atoms with Gasteiger partial charge in [-0.05, 0) is 31.6 Å². The molecular formula is C11H18N4O. The number of amides is 1. The Kier molecular flexibility index (Phi) is 5.28. The summed E-state index contributed by atoms with van der Waals surface area (Å²) >= 11 is 0. The van der Waals surface area contributed by atoms with Gasteiger partial charge in [0.25, 0.3) is 0 Å². The van der Waals surface area contributed by atoms with E-state index in [0.717, 1.165) is 26.1 Å². The first-order valence-electron chi connectivity index (χ1n) is 5.44. The molecule has 0 atom stereocenters. The highest BCUT2D eigenvalue weighted by atomic mass is 16.1. The van der Waals surface area contributed by atoms with Gasteiger partial charge in [0.15, 0.2) is 0 Å². The fraction of sp³-hybridized carbons (Fsp3) is 0.455. The van der Waals surface area contributed by atoms with Gasteiger partial charge in [-0.3, -0.25) is 4.79 Å². The van der Waals surface area contributed by atoms with Crippen LogP contribution in [0, 0.1) is 0 Å². The molecule has 1 aromatic rings.